The lowest BCUT2D eigenvalue weighted by Gasteiger charge is -2.16. The Labute approximate surface area is 171 Å². The van der Waals surface area contributed by atoms with E-state index in [4.69, 9.17) is 16.3 Å². The summed E-state index contributed by atoms with van der Waals surface area (Å²) in [5.41, 5.74) is 2.31. The molecule has 2 amide bonds. The average Bonchev–Trinajstić information content (AvgIpc) is 2.68. The van der Waals surface area contributed by atoms with Crippen LogP contribution in [0.2, 0.25) is 5.02 Å². The first-order valence-electron chi connectivity index (χ1n) is 9.40. The summed E-state index contributed by atoms with van der Waals surface area (Å²) in [6.07, 6.45) is 0.212. The van der Waals surface area contributed by atoms with E-state index in [-0.39, 0.29) is 17.9 Å². The van der Waals surface area contributed by atoms with Crippen LogP contribution in [-0.4, -0.2) is 24.0 Å². The van der Waals surface area contributed by atoms with Crippen molar-refractivity contribution in [3.63, 3.8) is 0 Å². The molecule has 2 atom stereocenters. The van der Waals surface area contributed by atoms with Crippen molar-refractivity contribution in [1.82, 2.24) is 10.6 Å². The fraction of sp³-hybridized carbons (Fsp3) is 0.364. The van der Waals surface area contributed by atoms with Gasteiger partial charge in [0.2, 0.25) is 0 Å². The average molecular weight is 403 g/mol. The van der Waals surface area contributed by atoms with Crippen LogP contribution in [0.1, 0.15) is 48.7 Å². The number of carbonyl (C=O) groups is 2. The van der Waals surface area contributed by atoms with Gasteiger partial charge in [-0.3, -0.25) is 9.59 Å². The van der Waals surface area contributed by atoms with Crippen LogP contribution in [-0.2, 0) is 11.3 Å². The first kappa shape index (κ1) is 21.8. The summed E-state index contributed by atoms with van der Waals surface area (Å²) in [4.78, 5) is 24.6. The van der Waals surface area contributed by atoms with Crippen molar-refractivity contribution in [2.75, 3.05) is 0 Å². The molecule has 2 unspecified atom stereocenters. The van der Waals surface area contributed by atoms with Crippen LogP contribution in [0, 0.1) is 6.92 Å². The second kappa shape index (κ2) is 10.1. The van der Waals surface area contributed by atoms with E-state index in [0.717, 1.165) is 17.5 Å². The van der Waals surface area contributed by atoms with Crippen LogP contribution in [0.5, 0.6) is 5.75 Å². The number of ether oxygens (including phenoxy) is 1. The number of aryl methyl sites for hydroxylation is 1. The van der Waals surface area contributed by atoms with Gasteiger partial charge < -0.3 is 15.4 Å². The zero-order valence-electron chi connectivity index (χ0n) is 16.7. The molecule has 2 aromatic rings. The van der Waals surface area contributed by atoms with Crippen molar-refractivity contribution >= 4 is 23.4 Å². The number of carbonyl (C=O) groups excluding carboxylic acids is 2. The first-order chi connectivity index (χ1) is 13.3. The third kappa shape index (κ3) is 6.27. The number of benzene rings is 2. The maximum Gasteiger partial charge on any atom is 0.261 e. The van der Waals surface area contributed by atoms with Crippen molar-refractivity contribution in [1.29, 1.82) is 0 Å². The molecule has 0 aliphatic heterocycles. The lowest BCUT2D eigenvalue weighted by molar-refractivity contribution is -0.127. The quantitative estimate of drug-likeness (QED) is 0.693. The van der Waals surface area contributed by atoms with Crippen LogP contribution in [0.4, 0.5) is 0 Å². The number of halogens is 1. The summed E-state index contributed by atoms with van der Waals surface area (Å²) < 4.78 is 5.68. The van der Waals surface area contributed by atoms with Crippen LogP contribution in [0.15, 0.2) is 42.5 Å². The summed E-state index contributed by atoms with van der Waals surface area (Å²) >= 11 is 6.00. The van der Waals surface area contributed by atoms with E-state index in [9.17, 15) is 9.59 Å². The number of amides is 2. The SMILES string of the molecule is CCC(C)NC(=O)c1cccc(CNC(=O)C(C)Oc2ccc(Cl)c(C)c2)c1. The topological polar surface area (TPSA) is 67.4 Å². The standard InChI is InChI=1S/C22H27ClN2O3/c1-5-15(3)25-22(27)18-8-6-7-17(12-18)13-24-21(26)16(4)28-19-9-10-20(23)14(2)11-19/h6-12,15-16H,5,13H2,1-4H3,(H,24,26)(H,25,27). The van der Waals surface area contributed by atoms with Gasteiger partial charge in [0.25, 0.3) is 11.8 Å². The van der Waals surface area contributed by atoms with Crippen LogP contribution >= 0.6 is 11.6 Å². The lowest BCUT2D eigenvalue weighted by Crippen LogP contribution is -2.36. The second-order valence-electron chi connectivity index (χ2n) is 6.87. The van der Waals surface area contributed by atoms with Gasteiger partial charge in [0.05, 0.1) is 0 Å². The van der Waals surface area contributed by atoms with E-state index >= 15 is 0 Å². The predicted octanol–water partition coefficient (Wildman–Crippen LogP) is 4.26. The first-order valence-corrected chi connectivity index (χ1v) is 9.78. The normalized spacial score (nSPS) is 12.8. The second-order valence-corrected chi connectivity index (χ2v) is 7.28. The Bertz CT molecular complexity index is 838. The summed E-state index contributed by atoms with van der Waals surface area (Å²) in [7, 11) is 0. The molecule has 2 rings (SSSR count). The van der Waals surface area contributed by atoms with Crippen LogP contribution in [0.25, 0.3) is 0 Å². The highest BCUT2D eigenvalue weighted by Crippen LogP contribution is 2.21. The van der Waals surface area contributed by atoms with Gasteiger partial charge in [0.15, 0.2) is 6.10 Å². The molecule has 150 valence electrons. The van der Waals surface area contributed by atoms with E-state index in [0.29, 0.717) is 22.9 Å². The third-order valence-corrected chi connectivity index (χ3v) is 4.88. The molecule has 6 heteroatoms. The van der Waals surface area contributed by atoms with Crippen LogP contribution < -0.4 is 15.4 Å². The molecule has 0 radical (unpaired) electrons. The van der Waals surface area contributed by atoms with Gasteiger partial charge in [-0.25, -0.2) is 0 Å². The molecule has 0 bridgehead atoms. The number of hydrogen-bond acceptors (Lipinski definition) is 3. The Kier molecular flexibility index (Phi) is 7.88. The summed E-state index contributed by atoms with van der Waals surface area (Å²) in [6.45, 7) is 7.87. The fourth-order valence-corrected chi connectivity index (χ4v) is 2.63. The van der Waals surface area contributed by atoms with E-state index < -0.39 is 6.10 Å². The van der Waals surface area contributed by atoms with Crippen molar-refractivity contribution < 1.29 is 14.3 Å². The molecule has 0 spiro atoms. The molecule has 0 aliphatic rings. The molecule has 0 fully saturated rings. The Morgan fingerprint density at radius 3 is 2.57 bits per heavy atom. The molecule has 2 N–H and O–H groups in total. The molecule has 2 aromatic carbocycles. The molecular weight excluding hydrogens is 376 g/mol. The maximum absolute atomic E-state index is 12.3. The van der Waals surface area contributed by atoms with Gasteiger partial charge >= 0.3 is 0 Å². The van der Waals surface area contributed by atoms with Gasteiger partial charge in [-0.15, -0.1) is 0 Å². The fourth-order valence-electron chi connectivity index (χ4n) is 2.51. The molecule has 0 heterocycles. The van der Waals surface area contributed by atoms with Crippen LogP contribution in [0.3, 0.4) is 0 Å². The minimum Gasteiger partial charge on any atom is -0.481 e. The molecule has 0 saturated heterocycles. The summed E-state index contributed by atoms with van der Waals surface area (Å²) in [5, 5.41) is 6.43. The van der Waals surface area contributed by atoms with Crippen molar-refractivity contribution in [2.24, 2.45) is 0 Å². The molecule has 0 saturated carbocycles. The smallest absolute Gasteiger partial charge is 0.261 e. The van der Waals surface area contributed by atoms with E-state index in [1.54, 1.807) is 37.3 Å². The maximum atomic E-state index is 12.3. The Morgan fingerprint density at radius 2 is 1.89 bits per heavy atom. The minimum absolute atomic E-state index is 0.114. The molecule has 5 nitrogen and oxygen atoms in total. The van der Waals surface area contributed by atoms with E-state index in [1.165, 1.54) is 0 Å². The minimum atomic E-state index is -0.655. The molecular formula is C22H27ClN2O3. The Hall–Kier alpha value is -2.53. The predicted molar refractivity (Wildman–Crippen MR) is 112 cm³/mol. The van der Waals surface area contributed by atoms with Gasteiger partial charge in [0.1, 0.15) is 5.75 Å². The van der Waals surface area contributed by atoms with E-state index in [1.807, 2.05) is 32.9 Å². The highest BCUT2D eigenvalue weighted by Gasteiger charge is 2.15. The molecule has 28 heavy (non-hydrogen) atoms. The zero-order valence-corrected chi connectivity index (χ0v) is 17.5. The van der Waals surface area contributed by atoms with E-state index in [2.05, 4.69) is 10.6 Å². The highest BCUT2D eigenvalue weighted by molar-refractivity contribution is 6.31. The summed E-state index contributed by atoms with van der Waals surface area (Å²) in [6, 6.07) is 12.6. The number of rotatable bonds is 8. The number of nitrogens with one attached hydrogen (secondary N) is 2. The van der Waals surface area contributed by atoms with Crippen molar-refractivity contribution in [3.05, 3.63) is 64.2 Å². The van der Waals surface area contributed by atoms with Gasteiger partial charge in [-0.2, -0.15) is 0 Å². The van der Waals surface area contributed by atoms with Crippen molar-refractivity contribution in [2.45, 2.75) is 52.8 Å². The third-order valence-electron chi connectivity index (χ3n) is 4.46. The molecule has 0 aliphatic carbocycles. The Balaban J connectivity index is 1.92. The lowest BCUT2D eigenvalue weighted by atomic mass is 10.1. The molecule has 0 aromatic heterocycles. The monoisotopic (exact) mass is 402 g/mol. The van der Waals surface area contributed by atoms with Crippen molar-refractivity contribution in [3.8, 4) is 5.75 Å². The van der Waals surface area contributed by atoms with Gasteiger partial charge in [-0.1, -0.05) is 30.7 Å². The highest BCUT2D eigenvalue weighted by atomic mass is 35.5. The van der Waals surface area contributed by atoms with Gasteiger partial charge in [-0.05, 0) is 68.7 Å². The Morgan fingerprint density at radius 1 is 1.14 bits per heavy atom. The largest absolute Gasteiger partial charge is 0.481 e. The summed E-state index contributed by atoms with van der Waals surface area (Å²) in [5.74, 6) is 0.243. The van der Waals surface area contributed by atoms with Gasteiger partial charge in [0, 0.05) is 23.2 Å². The zero-order chi connectivity index (χ0) is 20.7. The number of hydrogen-bond donors (Lipinski definition) is 2.